The molecule has 2 aromatic carbocycles. The van der Waals surface area contributed by atoms with Crippen molar-refractivity contribution in [3.63, 3.8) is 0 Å². The highest BCUT2D eigenvalue weighted by Crippen LogP contribution is 2.07. The summed E-state index contributed by atoms with van der Waals surface area (Å²) in [6.07, 6.45) is 0. The van der Waals surface area contributed by atoms with E-state index in [0.29, 0.717) is 12.3 Å². The molecule has 25 heavy (non-hydrogen) atoms. The fourth-order valence-electron chi connectivity index (χ4n) is 2.44. The third kappa shape index (κ3) is 6.35. The van der Waals surface area contributed by atoms with E-state index in [2.05, 4.69) is 53.3 Å². The molecular formula is C20H27N3OS. The van der Waals surface area contributed by atoms with Gasteiger partial charge in [0.1, 0.15) is 0 Å². The van der Waals surface area contributed by atoms with Gasteiger partial charge in [0.05, 0.1) is 17.3 Å². The Morgan fingerprint density at radius 2 is 1.80 bits per heavy atom. The van der Waals surface area contributed by atoms with Gasteiger partial charge in [0.2, 0.25) is 0 Å². The van der Waals surface area contributed by atoms with Gasteiger partial charge in [-0.3, -0.25) is 9.20 Å². The minimum Gasteiger partial charge on any atom is -0.357 e. The fraction of sp³-hybridized carbons (Fsp3) is 0.350. The molecule has 0 fully saturated rings. The van der Waals surface area contributed by atoms with E-state index in [0.717, 1.165) is 23.9 Å². The average Bonchev–Trinajstić information content (AvgIpc) is 2.63. The molecule has 0 aliphatic rings. The third-order valence-corrected chi connectivity index (χ3v) is 5.13. The summed E-state index contributed by atoms with van der Waals surface area (Å²) in [6.45, 7) is 6.26. The Morgan fingerprint density at radius 1 is 1.12 bits per heavy atom. The summed E-state index contributed by atoms with van der Waals surface area (Å²) in [5, 5.41) is 3.30. The highest BCUT2D eigenvalue weighted by Gasteiger charge is 2.07. The van der Waals surface area contributed by atoms with Gasteiger partial charge in [-0.1, -0.05) is 48.0 Å². The molecule has 1 N–H and O–H groups in total. The van der Waals surface area contributed by atoms with Gasteiger partial charge in [-0.25, -0.2) is 0 Å². The normalized spacial score (nSPS) is 12.7. The van der Waals surface area contributed by atoms with Crippen molar-refractivity contribution in [2.24, 2.45) is 4.99 Å². The number of rotatable bonds is 7. The molecule has 0 amide bonds. The van der Waals surface area contributed by atoms with Crippen LogP contribution >= 0.6 is 0 Å². The lowest BCUT2D eigenvalue weighted by atomic mass is 10.1. The summed E-state index contributed by atoms with van der Waals surface area (Å²) in [5.41, 5.74) is 2.50. The Labute approximate surface area is 153 Å². The van der Waals surface area contributed by atoms with Crippen LogP contribution in [0.3, 0.4) is 0 Å². The van der Waals surface area contributed by atoms with Gasteiger partial charge >= 0.3 is 0 Å². The van der Waals surface area contributed by atoms with Gasteiger partial charge in [-0.15, -0.1) is 0 Å². The van der Waals surface area contributed by atoms with Crippen LogP contribution in [0.15, 0.2) is 64.5 Å². The number of aryl methyl sites for hydroxylation is 1. The van der Waals surface area contributed by atoms with E-state index in [9.17, 15) is 4.21 Å². The number of aliphatic imine (C=N–C) groups is 1. The second-order valence-electron chi connectivity index (χ2n) is 5.94. The number of hydrogen-bond donors (Lipinski definition) is 1. The maximum absolute atomic E-state index is 12.3. The van der Waals surface area contributed by atoms with Crippen LogP contribution in [-0.4, -0.2) is 41.0 Å². The van der Waals surface area contributed by atoms with Crippen molar-refractivity contribution in [3.05, 3.63) is 65.7 Å². The van der Waals surface area contributed by atoms with Crippen LogP contribution in [0, 0.1) is 6.92 Å². The molecule has 0 aliphatic heterocycles. The summed E-state index contributed by atoms with van der Waals surface area (Å²) in [7, 11) is 1.01. The molecule has 0 heterocycles. The zero-order valence-electron chi connectivity index (χ0n) is 15.2. The number of guanidine groups is 1. The monoisotopic (exact) mass is 357 g/mol. The van der Waals surface area contributed by atoms with Gasteiger partial charge in [0.15, 0.2) is 5.96 Å². The molecule has 2 rings (SSSR count). The molecule has 0 saturated carbocycles. The molecule has 0 aromatic heterocycles. The van der Waals surface area contributed by atoms with Gasteiger partial charge < -0.3 is 10.2 Å². The molecule has 2 aromatic rings. The van der Waals surface area contributed by atoms with Gasteiger partial charge in [-0.2, -0.15) is 0 Å². The van der Waals surface area contributed by atoms with Crippen molar-refractivity contribution in [2.45, 2.75) is 25.3 Å². The van der Waals surface area contributed by atoms with E-state index in [4.69, 9.17) is 0 Å². The summed E-state index contributed by atoms with van der Waals surface area (Å²) < 4.78 is 12.3. The Kier molecular flexibility index (Phi) is 7.67. The lowest BCUT2D eigenvalue weighted by Gasteiger charge is -2.22. The minimum atomic E-state index is -1.01. The van der Waals surface area contributed by atoms with E-state index >= 15 is 0 Å². The van der Waals surface area contributed by atoms with Crippen molar-refractivity contribution in [3.8, 4) is 0 Å². The Hall–Kier alpha value is -2.14. The molecule has 0 radical (unpaired) electrons. The Balaban J connectivity index is 1.94. The zero-order valence-corrected chi connectivity index (χ0v) is 16.1. The first-order valence-corrected chi connectivity index (χ1v) is 9.90. The Bertz CT molecular complexity index is 699. The largest absolute Gasteiger partial charge is 0.357 e. The molecule has 4 nitrogen and oxygen atoms in total. The fourth-order valence-corrected chi connectivity index (χ4v) is 3.39. The maximum atomic E-state index is 12.3. The van der Waals surface area contributed by atoms with Crippen LogP contribution < -0.4 is 5.32 Å². The van der Waals surface area contributed by atoms with E-state index < -0.39 is 10.8 Å². The van der Waals surface area contributed by atoms with Crippen LogP contribution in [0.2, 0.25) is 0 Å². The first-order valence-electron chi connectivity index (χ1n) is 8.58. The predicted octanol–water partition coefficient (Wildman–Crippen LogP) is 3.20. The smallest absolute Gasteiger partial charge is 0.193 e. The van der Waals surface area contributed by atoms with E-state index in [-0.39, 0.29) is 0 Å². The van der Waals surface area contributed by atoms with E-state index in [1.807, 2.05) is 37.4 Å². The van der Waals surface area contributed by atoms with Crippen LogP contribution in [0.5, 0.6) is 0 Å². The standard InChI is InChI=1S/C20H27N3OS/c1-4-21-20(23(3)16-18-12-10-17(2)11-13-18)22-14-15-25(24)19-8-6-5-7-9-19/h5-13H,4,14-16H2,1-3H3,(H,21,22). The highest BCUT2D eigenvalue weighted by atomic mass is 32.2. The van der Waals surface area contributed by atoms with Crippen LogP contribution in [0.25, 0.3) is 0 Å². The zero-order chi connectivity index (χ0) is 18.1. The molecule has 5 heteroatoms. The molecule has 1 unspecified atom stereocenters. The van der Waals surface area contributed by atoms with Gasteiger partial charge in [0, 0.05) is 30.8 Å². The third-order valence-electron chi connectivity index (χ3n) is 3.78. The van der Waals surface area contributed by atoms with Crippen molar-refractivity contribution in [1.29, 1.82) is 0 Å². The van der Waals surface area contributed by atoms with Crippen molar-refractivity contribution >= 4 is 16.8 Å². The quantitative estimate of drug-likeness (QED) is 0.611. The SMILES string of the molecule is CCNC(=NCCS(=O)c1ccccc1)N(C)Cc1ccc(C)cc1. The predicted molar refractivity (Wildman–Crippen MR) is 106 cm³/mol. The highest BCUT2D eigenvalue weighted by molar-refractivity contribution is 7.85. The van der Waals surface area contributed by atoms with E-state index in [1.54, 1.807) is 0 Å². The van der Waals surface area contributed by atoms with Crippen molar-refractivity contribution in [2.75, 3.05) is 25.9 Å². The topological polar surface area (TPSA) is 44.7 Å². The molecule has 0 aliphatic carbocycles. The number of benzene rings is 2. The Morgan fingerprint density at radius 3 is 2.44 bits per heavy atom. The molecule has 0 spiro atoms. The second-order valence-corrected chi connectivity index (χ2v) is 7.51. The number of hydrogen-bond acceptors (Lipinski definition) is 2. The summed E-state index contributed by atoms with van der Waals surface area (Å²) in [6, 6.07) is 18.1. The van der Waals surface area contributed by atoms with Crippen LogP contribution in [0.4, 0.5) is 0 Å². The van der Waals surface area contributed by atoms with Crippen LogP contribution in [-0.2, 0) is 17.3 Å². The van der Waals surface area contributed by atoms with Crippen LogP contribution in [0.1, 0.15) is 18.1 Å². The minimum absolute atomic E-state index is 0.525. The van der Waals surface area contributed by atoms with Crippen molar-refractivity contribution in [1.82, 2.24) is 10.2 Å². The molecule has 0 bridgehead atoms. The molecule has 134 valence electrons. The number of nitrogens with one attached hydrogen (secondary N) is 1. The first kappa shape index (κ1) is 19.2. The average molecular weight is 358 g/mol. The van der Waals surface area contributed by atoms with Gasteiger partial charge in [0.25, 0.3) is 0 Å². The first-order chi connectivity index (χ1) is 12.1. The molecule has 0 saturated heterocycles. The van der Waals surface area contributed by atoms with Crippen molar-refractivity contribution < 1.29 is 4.21 Å². The van der Waals surface area contributed by atoms with E-state index in [1.165, 1.54) is 11.1 Å². The number of nitrogens with zero attached hydrogens (tertiary/aromatic N) is 2. The summed E-state index contributed by atoms with van der Waals surface area (Å²) in [4.78, 5) is 7.58. The molecule has 1 atom stereocenters. The summed E-state index contributed by atoms with van der Waals surface area (Å²) in [5.74, 6) is 1.37. The maximum Gasteiger partial charge on any atom is 0.193 e. The lowest BCUT2D eigenvalue weighted by Crippen LogP contribution is -2.38. The lowest BCUT2D eigenvalue weighted by molar-refractivity contribution is 0.477. The second kappa shape index (κ2) is 9.99. The summed E-state index contributed by atoms with van der Waals surface area (Å²) >= 11 is 0. The van der Waals surface area contributed by atoms with Gasteiger partial charge in [-0.05, 0) is 31.5 Å². The molecular weight excluding hydrogens is 330 g/mol.